The average Bonchev–Trinajstić information content (AvgIpc) is 2.96. The lowest BCUT2D eigenvalue weighted by atomic mass is 9.94. The van der Waals surface area contributed by atoms with Crippen LogP contribution >= 0.6 is 0 Å². The molecule has 0 aliphatic carbocycles. The van der Waals surface area contributed by atoms with Crippen molar-refractivity contribution in [1.29, 1.82) is 0 Å². The minimum atomic E-state index is -5.08. The van der Waals surface area contributed by atoms with Crippen molar-refractivity contribution in [2.45, 2.75) is 31.2 Å². The largest absolute Gasteiger partial charge is 0.490 e. The lowest BCUT2D eigenvalue weighted by molar-refractivity contribution is -0.193. The Kier molecular flexibility index (Phi) is 10.4. The minimum Gasteiger partial charge on any atom is -0.475 e. The van der Waals surface area contributed by atoms with E-state index >= 15 is 0 Å². The van der Waals surface area contributed by atoms with E-state index in [2.05, 4.69) is 10.2 Å². The molecule has 2 fully saturated rings. The monoisotopic (exact) mass is 439 g/mol. The highest BCUT2D eigenvalue weighted by atomic mass is 19.4. The normalized spacial score (nSPS) is 21.7. The predicted molar refractivity (Wildman–Crippen MR) is 87.0 cm³/mol. The molecule has 0 radical (unpaired) electrons. The van der Waals surface area contributed by atoms with Gasteiger partial charge in [-0.2, -0.15) is 26.3 Å². The molecule has 2 atom stereocenters. The summed E-state index contributed by atoms with van der Waals surface area (Å²) in [6.07, 6.45) is -7.55. The number of carboxylic acids is 2. The van der Waals surface area contributed by atoms with Crippen LogP contribution in [0.4, 0.5) is 26.3 Å². The quantitative estimate of drug-likeness (QED) is 0.552. The minimum absolute atomic E-state index is 0.216. The van der Waals surface area contributed by atoms with Crippen LogP contribution in [-0.2, 0) is 14.4 Å². The van der Waals surface area contributed by atoms with Gasteiger partial charge in [0.1, 0.15) is 0 Å². The van der Waals surface area contributed by atoms with Crippen molar-refractivity contribution in [2.24, 2.45) is 5.92 Å². The zero-order valence-electron chi connectivity index (χ0n) is 15.7. The molecule has 2 heterocycles. The molecule has 0 bridgehead atoms. The molecule has 170 valence electrons. The first-order valence-corrected chi connectivity index (χ1v) is 8.31. The molecular formula is C15H23F6N3O5. The summed E-state index contributed by atoms with van der Waals surface area (Å²) in [5, 5.41) is 17.8. The maximum absolute atomic E-state index is 11.6. The summed E-state index contributed by atoms with van der Waals surface area (Å²) in [7, 11) is 3.65. The lowest BCUT2D eigenvalue weighted by Crippen LogP contribution is -2.41. The van der Waals surface area contributed by atoms with E-state index in [0.717, 1.165) is 25.6 Å². The van der Waals surface area contributed by atoms with Crippen molar-refractivity contribution in [2.75, 3.05) is 40.3 Å². The Morgan fingerprint density at radius 2 is 1.45 bits per heavy atom. The molecule has 0 aromatic rings. The van der Waals surface area contributed by atoms with E-state index in [9.17, 15) is 31.1 Å². The van der Waals surface area contributed by atoms with Gasteiger partial charge in [-0.1, -0.05) is 0 Å². The number of halogens is 6. The Bertz CT molecular complexity index is 530. The average molecular weight is 439 g/mol. The summed E-state index contributed by atoms with van der Waals surface area (Å²) < 4.78 is 63.5. The van der Waals surface area contributed by atoms with E-state index in [-0.39, 0.29) is 5.91 Å². The Morgan fingerprint density at radius 1 is 1.00 bits per heavy atom. The van der Waals surface area contributed by atoms with Crippen LogP contribution in [0.3, 0.4) is 0 Å². The van der Waals surface area contributed by atoms with Crippen LogP contribution in [0, 0.1) is 5.92 Å². The van der Waals surface area contributed by atoms with Gasteiger partial charge in [-0.3, -0.25) is 9.69 Å². The zero-order valence-corrected chi connectivity index (χ0v) is 15.7. The van der Waals surface area contributed by atoms with Crippen molar-refractivity contribution in [1.82, 2.24) is 15.1 Å². The second-order valence-corrected chi connectivity index (χ2v) is 6.55. The number of hydrogen-bond acceptors (Lipinski definition) is 5. The molecule has 14 heteroatoms. The van der Waals surface area contributed by atoms with E-state index in [1.54, 1.807) is 4.90 Å². The number of nitrogens with zero attached hydrogens (tertiary/aromatic N) is 2. The summed E-state index contributed by atoms with van der Waals surface area (Å²) in [5.74, 6) is -4.53. The first-order chi connectivity index (χ1) is 13.1. The number of carbonyl (C=O) groups is 3. The van der Waals surface area contributed by atoms with E-state index in [4.69, 9.17) is 19.8 Å². The van der Waals surface area contributed by atoms with Gasteiger partial charge in [-0.15, -0.1) is 0 Å². The Morgan fingerprint density at radius 3 is 1.79 bits per heavy atom. The number of piperidine rings is 1. The van der Waals surface area contributed by atoms with Crippen LogP contribution in [0.5, 0.6) is 0 Å². The molecule has 3 N–H and O–H groups in total. The summed E-state index contributed by atoms with van der Waals surface area (Å²) in [4.78, 5) is 33.3. The van der Waals surface area contributed by atoms with Crippen LogP contribution in [0.2, 0.25) is 0 Å². The number of alkyl halides is 6. The van der Waals surface area contributed by atoms with Gasteiger partial charge in [0.25, 0.3) is 0 Å². The smallest absolute Gasteiger partial charge is 0.475 e. The van der Waals surface area contributed by atoms with Crippen LogP contribution in [0.15, 0.2) is 0 Å². The van der Waals surface area contributed by atoms with Crippen LogP contribution < -0.4 is 5.32 Å². The highest BCUT2D eigenvalue weighted by Crippen LogP contribution is 2.24. The first kappa shape index (κ1) is 26.9. The van der Waals surface area contributed by atoms with Gasteiger partial charge in [0.05, 0.1) is 6.54 Å². The van der Waals surface area contributed by atoms with E-state index < -0.39 is 24.3 Å². The summed E-state index contributed by atoms with van der Waals surface area (Å²) >= 11 is 0. The van der Waals surface area contributed by atoms with Gasteiger partial charge in [-0.25, -0.2) is 9.59 Å². The molecule has 0 unspecified atom stereocenters. The molecule has 8 nitrogen and oxygen atoms in total. The van der Waals surface area contributed by atoms with Gasteiger partial charge in [0.15, 0.2) is 0 Å². The number of likely N-dealkylation sites (N-methyl/N-ethyl adjacent to an activating group) is 1. The Labute approximate surface area is 162 Å². The molecule has 2 saturated heterocycles. The number of hydrogen-bond donors (Lipinski definition) is 3. The predicted octanol–water partition coefficient (Wildman–Crippen LogP) is 1.02. The second-order valence-electron chi connectivity index (χ2n) is 6.55. The highest BCUT2D eigenvalue weighted by molar-refractivity contribution is 5.77. The SMILES string of the molecule is CN(C)C(=O)CN1C[C@H]2CCCN[C@H]2C1.O=C(O)C(F)(F)F.O=C(O)C(F)(F)F. The zero-order chi connectivity index (χ0) is 23.0. The molecule has 2 aliphatic heterocycles. The number of carboxylic acid groups (broad SMARTS) is 2. The number of carbonyl (C=O) groups excluding carboxylic acids is 1. The van der Waals surface area contributed by atoms with Crippen LogP contribution in [-0.4, -0.2) is 96.5 Å². The molecule has 0 aromatic heterocycles. The fraction of sp³-hybridized carbons (Fsp3) is 0.800. The van der Waals surface area contributed by atoms with E-state index in [0.29, 0.717) is 12.6 Å². The Balaban J connectivity index is 0.000000473. The second kappa shape index (κ2) is 11.2. The van der Waals surface area contributed by atoms with Gasteiger partial charge in [0.2, 0.25) is 5.91 Å². The van der Waals surface area contributed by atoms with Crippen LogP contribution in [0.1, 0.15) is 12.8 Å². The first-order valence-electron chi connectivity index (χ1n) is 8.31. The summed E-state index contributed by atoms with van der Waals surface area (Å²) in [6, 6.07) is 0.633. The Hall–Kier alpha value is -2.09. The lowest BCUT2D eigenvalue weighted by Gasteiger charge is -2.24. The number of aliphatic carboxylic acids is 2. The van der Waals surface area contributed by atoms with Crippen molar-refractivity contribution < 1.29 is 50.9 Å². The van der Waals surface area contributed by atoms with Gasteiger partial charge < -0.3 is 20.4 Å². The molecule has 2 aliphatic rings. The number of amides is 1. The van der Waals surface area contributed by atoms with Crippen molar-refractivity contribution >= 4 is 17.8 Å². The van der Waals surface area contributed by atoms with E-state index in [1.165, 1.54) is 12.8 Å². The number of rotatable bonds is 2. The molecule has 29 heavy (non-hydrogen) atoms. The van der Waals surface area contributed by atoms with Crippen LogP contribution in [0.25, 0.3) is 0 Å². The van der Waals surface area contributed by atoms with Gasteiger partial charge in [-0.05, 0) is 25.3 Å². The molecule has 0 saturated carbocycles. The molecular weight excluding hydrogens is 416 g/mol. The topological polar surface area (TPSA) is 110 Å². The maximum Gasteiger partial charge on any atom is 0.490 e. The highest BCUT2D eigenvalue weighted by Gasteiger charge is 2.39. The third-order valence-corrected chi connectivity index (χ3v) is 4.02. The standard InChI is InChI=1S/C11H21N3O.2C2HF3O2/c1-13(2)11(15)8-14-6-9-4-3-5-12-10(9)7-14;2*3-2(4,5)1(6)7/h9-10,12H,3-8H2,1-2H3;2*(H,6,7)/t9-,10+;;/m1../s1. The third kappa shape index (κ3) is 10.9. The van der Waals surface area contributed by atoms with Crippen molar-refractivity contribution in [3.63, 3.8) is 0 Å². The number of likely N-dealkylation sites (tertiary alicyclic amines) is 1. The fourth-order valence-electron chi connectivity index (χ4n) is 2.60. The van der Waals surface area contributed by atoms with Gasteiger partial charge in [0, 0.05) is 33.2 Å². The summed E-state index contributed by atoms with van der Waals surface area (Å²) in [6.45, 7) is 3.87. The maximum atomic E-state index is 11.6. The summed E-state index contributed by atoms with van der Waals surface area (Å²) in [5.41, 5.74) is 0. The molecule has 0 aromatic carbocycles. The number of nitrogens with one attached hydrogen (secondary N) is 1. The van der Waals surface area contributed by atoms with Crippen molar-refractivity contribution in [3.8, 4) is 0 Å². The van der Waals surface area contributed by atoms with Crippen molar-refractivity contribution in [3.05, 3.63) is 0 Å². The van der Waals surface area contributed by atoms with E-state index in [1.807, 2.05) is 14.1 Å². The molecule has 2 rings (SSSR count). The number of fused-ring (bicyclic) bond motifs is 1. The molecule has 0 spiro atoms. The molecule has 1 amide bonds. The third-order valence-electron chi connectivity index (χ3n) is 4.02. The fourth-order valence-corrected chi connectivity index (χ4v) is 2.60. The van der Waals surface area contributed by atoms with Gasteiger partial charge >= 0.3 is 24.3 Å².